The number of nitrogens with one attached hydrogen (secondary N) is 1. The van der Waals surface area contributed by atoms with Crippen molar-refractivity contribution in [1.29, 1.82) is 0 Å². The molecule has 27 heavy (non-hydrogen) atoms. The Kier molecular flexibility index (Phi) is 4.29. The highest BCUT2D eigenvalue weighted by Crippen LogP contribution is 2.26. The van der Waals surface area contributed by atoms with Crippen molar-refractivity contribution in [2.75, 3.05) is 5.32 Å². The lowest BCUT2D eigenvalue weighted by molar-refractivity contribution is 0.0640. The third kappa shape index (κ3) is 3.24. The third-order valence-corrected chi connectivity index (χ3v) is 5.10. The number of rotatable bonds is 5. The molecule has 1 aromatic heterocycles. The van der Waals surface area contributed by atoms with Crippen molar-refractivity contribution in [3.05, 3.63) is 76.3 Å². The fourth-order valence-electron chi connectivity index (χ4n) is 2.89. The van der Waals surface area contributed by atoms with Crippen LogP contribution in [-0.2, 0) is 6.54 Å². The molecule has 0 radical (unpaired) electrons. The lowest BCUT2D eigenvalue weighted by atomic mass is 10.1. The molecule has 1 aliphatic rings. The van der Waals surface area contributed by atoms with Crippen LogP contribution in [0.5, 0.6) is 0 Å². The summed E-state index contributed by atoms with van der Waals surface area (Å²) >= 11 is 1.39. The van der Waals surface area contributed by atoms with Gasteiger partial charge in [-0.15, -0.1) is 11.3 Å². The van der Waals surface area contributed by atoms with Crippen molar-refractivity contribution in [3.8, 4) is 0 Å². The molecule has 0 atom stereocenters. The van der Waals surface area contributed by atoms with Gasteiger partial charge in [0.15, 0.2) is 10.9 Å². The summed E-state index contributed by atoms with van der Waals surface area (Å²) in [4.78, 5) is 41.9. The first-order chi connectivity index (χ1) is 13.0. The summed E-state index contributed by atoms with van der Waals surface area (Å²) in [5, 5.41) is 5.63. The predicted octanol–water partition coefficient (Wildman–Crippen LogP) is 3.89. The van der Waals surface area contributed by atoms with Crippen LogP contribution in [0, 0.1) is 0 Å². The Morgan fingerprint density at radius 2 is 1.67 bits per heavy atom. The quantitative estimate of drug-likeness (QED) is 0.539. The summed E-state index contributed by atoms with van der Waals surface area (Å²) in [5.74, 6) is -0.574. The van der Waals surface area contributed by atoms with E-state index in [9.17, 15) is 14.4 Å². The second-order valence-electron chi connectivity index (χ2n) is 6.14. The van der Waals surface area contributed by atoms with Crippen LogP contribution in [0.2, 0.25) is 0 Å². The molecule has 0 unspecified atom stereocenters. The van der Waals surface area contributed by atoms with Crippen molar-refractivity contribution in [1.82, 2.24) is 9.88 Å². The number of hydrogen-bond donors (Lipinski definition) is 1. The van der Waals surface area contributed by atoms with Gasteiger partial charge in [-0.1, -0.05) is 12.1 Å². The number of aromatic nitrogens is 1. The second-order valence-corrected chi connectivity index (χ2v) is 7.00. The predicted molar refractivity (Wildman–Crippen MR) is 102 cm³/mol. The number of hydrogen-bond acceptors (Lipinski definition) is 6. The highest BCUT2D eigenvalue weighted by molar-refractivity contribution is 7.13. The number of carbonyl (C=O) groups is 3. The molecule has 4 rings (SSSR count). The molecule has 0 saturated heterocycles. The van der Waals surface area contributed by atoms with Crippen LogP contribution in [0.1, 0.15) is 43.7 Å². The number of thiazole rings is 1. The molecule has 0 aliphatic carbocycles. The maximum atomic E-state index is 12.4. The Balaban J connectivity index is 1.47. The van der Waals surface area contributed by atoms with E-state index in [0.717, 1.165) is 5.69 Å². The number of ketones is 1. The minimum Gasteiger partial charge on any atom is -0.332 e. The average Bonchev–Trinajstić information content (AvgIpc) is 3.21. The third-order valence-electron chi connectivity index (χ3n) is 4.29. The maximum absolute atomic E-state index is 12.4. The fourth-order valence-corrected chi connectivity index (χ4v) is 3.62. The van der Waals surface area contributed by atoms with Gasteiger partial charge in [0.25, 0.3) is 11.8 Å². The van der Waals surface area contributed by atoms with Crippen LogP contribution < -0.4 is 5.32 Å². The Hall–Kier alpha value is -3.32. The van der Waals surface area contributed by atoms with E-state index in [1.54, 1.807) is 36.4 Å². The standard InChI is InChI=1S/C20H15N3O3S/c1-12(24)13-6-8-14(9-7-13)21-20-22-15(11-27-20)10-23-18(25)16-4-2-3-5-17(16)19(23)26/h2-9,11H,10H2,1H3,(H,21,22). The Bertz CT molecular complexity index is 1020. The van der Waals surface area contributed by atoms with Crippen LogP contribution in [0.15, 0.2) is 53.9 Å². The number of imide groups is 1. The molecule has 0 saturated carbocycles. The number of Topliss-reactive ketones (excluding diaryl/α,β-unsaturated/α-hetero) is 1. The summed E-state index contributed by atoms with van der Waals surface area (Å²) in [5.41, 5.74) is 2.95. The first-order valence-corrected chi connectivity index (χ1v) is 9.18. The van der Waals surface area contributed by atoms with Gasteiger partial charge in [-0.3, -0.25) is 19.3 Å². The Morgan fingerprint density at radius 3 is 2.26 bits per heavy atom. The topological polar surface area (TPSA) is 79.4 Å². The molecule has 134 valence electrons. The van der Waals surface area contributed by atoms with Crippen molar-refractivity contribution >= 4 is 39.8 Å². The number of fused-ring (bicyclic) bond motifs is 1. The summed E-state index contributed by atoms with van der Waals surface area (Å²) in [6, 6.07) is 13.9. The van der Waals surface area contributed by atoms with Crippen molar-refractivity contribution < 1.29 is 14.4 Å². The zero-order valence-electron chi connectivity index (χ0n) is 14.4. The number of benzene rings is 2. The summed E-state index contributed by atoms with van der Waals surface area (Å²) in [6.07, 6.45) is 0. The molecule has 1 aliphatic heterocycles. The van der Waals surface area contributed by atoms with E-state index in [-0.39, 0.29) is 24.1 Å². The Labute approximate surface area is 159 Å². The largest absolute Gasteiger partial charge is 0.332 e. The molecule has 3 aromatic rings. The van der Waals surface area contributed by atoms with Gasteiger partial charge in [0, 0.05) is 16.6 Å². The van der Waals surface area contributed by atoms with Gasteiger partial charge in [-0.2, -0.15) is 0 Å². The van der Waals surface area contributed by atoms with Crippen LogP contribution in [-0.4, -0.2) is 27.5 Å². The van der Waals surface area contributed by atoms with E-state index in [1.807, 2.05) is 17.5 Å². The molecular formula is C20H15N3O3S. The van der Waals surface area contributed by atoms with Crippen LogP contribution in [0.3, 0.4) is 0 Å². The number of carbonyl (C=O) groups excluding carboxylic acids is 3. The van der Waals surface area contributed by atoms with E-state index in [1.165, 1.54) is 23.2 Å². The normalized spacial score (nSPS) is 13.0. The zero-order valence-corrected chi connectivity index (χ0v) is 15.2. The Morgan fingerprint density at radius 1 is 1.04 bits per heavy atom. The lowest BCUT2D eigenvalue weighted by Gasteiger charge is -2.11. The van der Waals surface area contributed by atoms with Gasteiger partial charge in [-0.05, 0) is 43.3 Å². The number of nitrogens with zero attached hydrogens (tertiary/aromatic N) is 2. The average molecular weight is 377 g/mol. The van der Waals surface area contributed by atoms with E-state index in [2.05, 4.69) is 10.3 Å². The molecule has 7 heteroatoms. The maximum Gasteiger partial charge on any atom is 0.261 e. The number of amides is 2. The highest BCUT2D eigenvalue weighted by atomic mass is 32.1. The second kappa shape index (κ2) is 6.77. The SMILES string of the molecule is CC(=O)c1ccc(Nc2nc(CN3C(=O)c4ccccc4C3=O)cs2)cc1. The van der Waals surface area contributed by atoms with E-state index >= 15 is 0 Å². The van der Waals surface area contributed by atoms with Crippen LogP contribution >= 0.6 is 11.3 Å². The minimum atomic E-state index is -0.294. The van der Waals surface area contributed by atoms with Gasteiger partial charge in [0.2, 0.25) is 0 Å². The minimum absolute atomic E-state index is 0.0130. The van der Waals surface area contributed by atoms with Crippen molar-refractivity contribution in [3.63, 3.8) is 0 Å². The van der Waals surface area contributed by atoms with Crippen molar-refractivity contribution in [2.45, 2.75) is 13.5 Å². The van der Waals surface area contributed by atoms with Gasteiger partial charge < -0.3 is 5.32 Å². The van der Waals surface area contributed by atoms with Gasteiger partial charge in [0.1, 0.15) is 0 Å². The molecule has 2 amide bonds. The van der Waals surface area contributed by atoms with Gasteiger partial charge in [-0.25, -0.2) is 4.98 Å². The summed E-state index contributed by atoms with van der Waals surface area (Å²) in [7, 11) is 0. The smallest absolute Gasteiger partial charge is 0.261 e. The van der Waals surface area contributed by atoms with E-state index < -0.39 is 0 Å². The first-order valence-electron chi connectivity index (χ1n) is 8.30. The molecule has 0 fully saturated rings. The first kappa shape index (κ1) is 17.1. The molecule has 1 N–H and O–H groups in total. The monoisotopic (exact) mass is 377 g/mol. The molecular weight excluding hydrogens is 362 g/mol. The zero-order chi connectivity index (χ0) is 19.0. The van der Waals surface area contributed by atoms with E-state index in [0.29, 0.717) is 27.5 Å². The molecule has 6 nitrogen and oxygen atoms in total. The molecule has 2 heterocycles. The van der Waals surface area contributed by atoms with Crippen LogP contribution in [0.25, 0.3) is 0 Å². The van der Waals surface area contributed by atoms with Crippen LogP contribution in [0.4, 0.5) is 10.8 Å². The number of anilines is 2. The lowest BCUT2D eigenvalue weighted by Crippen LogP contribution is -2.29. The molecule has 2 aromatic carbocycles. The van der Waals surface area contributed by atoms with Gasteiger partial charge >= 0.3 is 0 Å². The fraction of sp³-hybridized carbons (Fsp3) is 0.100. The van der Waals surface area contributed by atoms with Crippen molar-refractivity contribution in [2.24, 2.45) is 0 Å². The summed E-state index contributed by atoms with van der Waals surface area (Å²) in [6.45, 7) is 1.66. The highest BCUT2D eigenvalue weighted by Gasteiger charge is 2.35. The molecule has 0 bridgehead atoms. The van der Waals surface area contributed by atoms with E-state index in [4.69, 9.17) is 0 Å². The van der Waals surface area contributed by atoms with Gasteiger partial charge in [0.05, 0.1) is 23.4 Å². The summed E-state index contributed by atoms with van der Waals surface area (Å²) < 4.78 is 0. The molecule has 0 spiro atoms.